The number of carboxylic acid groups (broad SMARTS) is 1. The van der Waals surface area contributed by atoms with Crippen LogP contribution in [0.25, 0.3) is 11.3 Å². The minimum atomic E-state index is -0.953. The van der Waals surface area contributed by atoms with Crippen molar-refractivity contribution in [1.82, 2.24) is 14.9 Å². The highest BCUT2D eigenvalue weighted by atomic mass is 79.9. The fourth-order valence-electron chi connectivity index (χ4n) is 2.63. The molecule has 1 atom stereocenters. The Hall–Kier alpha value is -1.89. The van der Waals surface area contributed by atoms with E-state index < -0.39 is 6.09 Å². The molecule has 1 saturated heterocycles. The summed E-state index contributed by atoms with van der Waals surface area (Å²) in [6.07, 6.45) is 2.12. The van der Waals surface area contributed by atoms with Crippen LogP contribution in [-0.4, -0.2) is 32.6 Å². The third kappa shape index (κ3) is 2.65. The SMILES string of the molecule is O=C(O)N1CCC[C@H]1c1ncc(-c2ccc(Br)cc2F)[nH]1. The van der Waals surface area contributed by atoms with Gasteiger partial charge in [-0.3, -0.25) is 4.90 Å². The molecule has 0 unspecified atom stereocenters. The number of aromatic amines is 1. The summed E-state index contributed by atoms with van der Waals surface area (Å²) in [6, 6.07) is 4.50. The summed E-state index contributed by atoms with van der Waals surface area (Å²) in [4.78, 5) is 19.8. The summed E-state index contributed by atoms with van der Waals surface area (Å²) in [5, 5.41) is 9.16. The van der Waals surface area contributed by atoms with Crippen LogP contribution in [0.4, 0.5) is 9.18 Å². The largest absolute Gasteiger partial charge is 0.465 e. The number of imidazole rings is 1. The van der Waals surface area contributed by atoms with Gasteiger partial charge in [0, 0.05) is 16.6 Å². The zero-order valence-corrected chi connectivity index (χ0v) is 12.6. The molecule has 2 heterocycles. The first kappa shape index (κ1) is 14.1. The zero-order chi connectivity index (χ0) is 15.0. The molecule has 5 nitrogen and oxygen atoms in total. The van der Waals surface area contributed by atoms with Gasteiger partial charge in [-0.05, 0) is 31.0 Å². The number of likely N-dealkylation sites (tertiary alicyclic amines) is 1. The lowest BCUT2D eigenvalue weighted by Crippen LogP contribution is -2.29. The summed E-state index contributed by atoms with van der Waals surface area (Å²) in [7, 11) is 0. The van der Waals surface area contributed by atoms with E-state index in [1.54, 1.807) is 18.3 Å². The van der Waals surface area contributed by atoms with Crippen molar-refractivity contribution in [3.63, 3.8) is 0 Å². The van der Waals surface area contributed by atoms with Crippen LogP contribution in [0.5, 0.6) is 0 Å². The molecule has 0 aliphatic carbocycles. The summed E-state index contributed by atoms with van der Waals surface area (Å²) in [5.41, 5.74) is 0.962. The van der Waals surface area contributed by atoms with E-state index in [2.05, 4.69) is 25.9 Å². The van der Waals surface area contributed by atoms with Crippen molar-refractivity contribution in [1.29, 1.82) is 0 Å². The summed E-state index contributed by atoms with van der Waals surface area (Å²) in [5.74, 6) is 0.202. The number of carbonyl (C=O) groups is 1. The third-order valence-electron chi connectivity index (χ3n) is 3.63. The van der Waals surface area contributed by atoms with Crippen LogP contribution in [0.15, 0.2) is 28.9 Å². The average molecular weight is 354 g/mol. The number of nitrogens with zero attached hydrogens (tertiary/aromatic N) is 2. The van der Waals surface area contributed by atoms with E-state index in [0.717, 1.165) is 12.8 Å². The van der Waals surface area contributed by atoms with Gasteiger partial charge < -0.3 is 10.1 Å². The molecule has 0 saturated carbocycles. The second-order valence-electron chi connectivity index (χ2n) is 4.94. The standard InChI is InChI=1S/C14H13BrFN3O2/c15-8-3-4-9(10(16)6-8)11-7-17-13(18-11)12-2-1-5-19(12)14(20)21/h3-4,6-7,12H,1-2,5H2,(H,17,18)(H,20,21)/t12-/m0/s1. The van der Waals surface area contributed by atoms with E-state index in [-0.39, 0.29) is 11.9 Å². The fraction of sp³-hybridized carbons (Fsp3) is 0.286. The number of hydrogen-bond acceptors (Lipinski definition) is 2. The number of hydrogen-bond donors (Lipinski definition) is 2. The molecule has 7 heteroatoms. The lowest BCUT2D eigenvalue weighted by molar-refractivity contribution is 0.139. The molecule has 1 aromatic heterocycles. The molecule has 1 aliphatic heterocycles. The normalized spacial score (nSPS) is 18.2. The highest BCUT2D eigenvalue weighted by molar-refractivity contribution is 9.10. The van der Waals surface area contributed by atoms with E-state index >= 15 is 0 Å². The Morgan fingerprint density at radius 1 is 1.52 bits per heavy atom. The first-order valence-corrected chi connectivity index (χ1v) is 7.35. The number of amides is 1. The fourth-order valence-corrected chi connectivity index (χ4v) is 2.96. The van der Waals surface area contributed by atoms with Crippen molar-refractivity contribution in [3.05, 3.63) is 40.5 Å². The maximum Gasteiger partial charge on any atom is 0.407 e. The topological polar surface area (TPSA) is 69.2 Å². The van der Waals surface area contributed by atoms with E-state index in [1.807, 2.05) is 0 Å². The van der Waals surface area contributed by atoms with Gasteiger partial charge in [0.2, 0.25) is 0 Å². The van der Waals surface area contributed by atoms with Gasteiger partial charge in [-0.25, -0.2) is 14.2 Å². The number of aromatic nitrogens is 2. The van der Waals surface area contributed by atoms with Crippen molar-refractivity contribution in [3.8, 4) is 11.3 Å². The predicted molar refractivity (Wildman–Crippen MR) is 78.4 cm³/mol. The van der Waals surface area contributed by atoms with Crippen LogP contribution < -0.4 is 0 Å². The second-order valence-corrected chi connectivity index (χ2v) is 5.86. The van der Waals surface area contributed by atoms with Gasteiger partial charge in [-0.1, -0.05) is 15.9 Å². The average Bonchev–Trinajstić information content (AvgIpc) is 3.06. The highest BCUT2D eigenvalue weighted by Gasteiger charge is 2.31. The van der Waals surface area contributed by atoms with Gasteiger partial charge in [-0.2, -0.15) is 0 Å². The molecule has 1 fully saturated rings. The molecular weight excluding hydrogens is 341 g/mol. The van der Waals surface area contributed by atoms with Gasteiger partial charge in [0.05, 0.1) is 17.9 Å². The quantitative estimate of drug-likeness (QED) is 0.862. The number of H-pyrrole nitrogens is 1. The lowest BCUT2D eigenvalue weighted by atomic mass is 10.1. The maximum atomic E-state index is 13.9. The lowest BCUT2D eigenvalue weighted by Gasteiger charge is -2.19. The second kappa shape index (κ2) is 5.48. The number of halogens is 2. The predicted octanol–water partition coefficient (Wildman–Crippen LogP) is 3.79. The Balaban J connectivity index is 1.91. The summed E-state index contributed by atoms with van der Waals surface area (Å²) < 4.78 is 14.6. The van der Waals surface area contributed by atoms with Gasteiger partial charge in [0.1, 0.15) is 11.6 Å². The molecule has 1 amide bonds. The molecule has 2 N–H and O–H groups in total. The van der Waals surface area contributed by atoms with Crippen molar-refractivity contribution in [2.45, 2.75) is 18.9 Å². The Labute approximate surface area is 128 Å². The number of nitrogens with one attached hydrogen (secondary N) is 1. The van der Waals surface area contributed by atoms with Gasteiger partial charge in [0.15, 0.2) is 0 Å². The Bertz CT molecular complexity index is 689. The molecule has 2 aromatic rings. The zero-order valence-electron chi connectivity index (χ0n) is 11.0. The molecule has 21 heavy (non-hydrogen) atoms. The van der Waals surface area contributed by atoms with E-state index in [4.69, 9.17) is 5.11 Å². The Morgan fingerprint density at radius 2 is 2.33 bits per heavy atom. The summed E-state index contributed by atoms with van der Waals surface area (Å²) >= 11 is 3.21. The Morgan fingerprint density at radius 3 is 3.05 bits per heavy atom. The first-order chi connectivity index (χ1) is 10.1. The van der Waals surface area contributed by atoms with Crippen LogP contribution in [0.3, 0.4) is 0 Å². The van der Waals surface area contributed by atoms with Crippen LogP contribution in [-0.2, 0) is 0 Å². The minimum Gasteiger partial charge on any atom is -0.465 e. The van der Waals surface area contributed by atoms with Crippen LogP contribution in [0.2, 0.25) is 0 Å². The smallest absolute Gasteiger partial charge is 0.407 e. The van der Waals surface area contributed by atoms with Gasteiger partial charge >= 0.3 is 6.09 Å². The van der Waals surface area contributed by atoms with Crippen LogP contribution in [0, 0.1) is 5.82 Å². The van der Waals surface area contributed by atoms with Gasteiger partial charge in [-0.15, -0.1) is 0 Å². The van der Waals surface area contributed by atoms with Gasteiger partial charge in [0.25, 0.3) is 0 Å². The molecular formula is C14H13BrFN3O2. The maximum absolute atomic E-state index is 13.9. The van der Waals surface area contributed by atoms with Crippen molar-refractivity contribution >= 4 is 22.0 Å². The highest BCUT2D eigenvalue weighted by Crippen LogP contribution is 2.32. The molecule has 1 aliphatic rings. The Kier molecular flexibility index (Phi) is 3.67. The monoisotopic (exact) mass is 353 g/mol. The van der Waals surface area contributed by atoms with E-state index in [0.29, 0.717) is 28.1 Å². The van der Waals surface area contributed by atoms with Crippen molar-refractivity contribution in [2.24, 2.45) is 0 Å². The summed E-state index contributed by atoms with van der Waals surface area (Å²) in [6.45, 7) is 0.503. The van der Waals surface area contributed by atoms with Crippen molar-refractivity contribution in [2.75, 3.05) is 6.54 Å². The van der Waals surface area contributed by atoms with E-state index in [1.165, 1.54) is 11.0 Å². The van der Waals surface area contributed by atoms with Crippen LogP contribution in [0.1, 0.15) is 24.7 Å². The molecule has 0 bridgehead atoms. The third-order valence-corrected chi connectivity index (χ3v) is 4.12. The molecule has 0 radical (unpaired) electrons. The van der Waals surface area contributed by atoms with E-state index in [9.17, 15) is 9.18 Å². The first-order valence-electron chi connectivity index (χ1n) is 6.56. The van der Waals surface area contributed by atoms with Crippen molar-refractivity contribution < 1.29 is 14.3 Å². The molecule has 3 rings (SSSR count). The number of rotatable bonds is 2. The van der Waals surface area contributed by atoms with Crippen LogP contribution >= 0.6 is 15.9 Å². The molecule has 0 spiro atoms. The number of benzene rings is 1. The molecule has 110 valence electrons. The molecule has 1 aromatic carbocycles. The minimum absolute atomic E-state index is 0.283.